The average Bonchev–Trinajstić information content (AvgIpc) is 2.81. The Kier molecular flexibility index (Phi) is 3.34. The number of rotatable bonds is 2. The van der Waals surface area contributed by atoms with Crippen LogP contribution in [-0.4, -0.2) is 6.61 Å². The first-order valence-corrected chi connectivity index (χ1v) is 6.52. The Morgan fingerprint density at radius 2 is 1.75 bits per heavy atom. The lowest BCUT2D eigenvalue weighted by atomic mass is 9.92. The highest BCUT2D eigenvalue weighted by Gasteiger charge is 2.34. The number of halogens is 4. The third kappa shape index (κ3) is 2.14. The zero-order valence-corrected chi connectivity index (χ0v) is 11.0. The number of benzene rings is 2. The lowest BCUT2D eigenvalue weighted by Crippen LogP contribution is -2.11. The second kappa shape index (κ2) is 5.02. The number of hydrogen-bond donors (Lipinski definition) is 0. The molecule has 1 nitrogen and oxygen atoms in total. The Morgan fingerprint density at radius 1 is 1.10 bits per heavy atom. The van der Waals surface area contributed by atoms with Crippen molar-refractivity contribution in [3.8, 4) is 5.75 Å². The summed E-state index contributed by atoms with van der Waals surface area (Å²) in [5.74, 6) is -2.64. The second-order valence-electron chi connectivity index (χ2n) is 4.64. The summed E-state index contributed by atoms with van der Waals surface area (Å²) in [6.45, 7) is 0.240. The van der Waals surface area contributed by atoms with Crippen LogP contribution in [0.3, 0.4) is 0 Å². The molecule has 0 radical (unpaired) electrons. The minimum absolute atomic E-state index is 0.240. The molecule has 20 heavy (non-hydrogen) atoms. The molecule has 0 saturated heterocycles. The third-order valence-corrected chi connectivity index (χ3v) is 3.93. The molecular formula is C15H10ClF3O. The summed E-state index contributed by atoms with van der Waals surface area (Å²) in [5, 5.41) is -0.959. The van der Waals surface area contributed by atoms with Gasteiger partial charge in [-0.25, -0.2) is 13.2 Å². The van der Waals surface area contributed by atoms with Gasteiger partial charge in [0.25, 0.3) is 0 Å². The van der Waals surface area contributed by atoms with Crippen LogP contribution in [0.1, 0.15) is 22.4 Å². The maximum atomic E-state index is 13.8. The van der Waals surface area contributed by atoms with Crippen molar-refractivity contribution >= 4 is 11.6 Å². The fraction of sp³-hybridized carbons (Fsp3) is 0.200. The van der Waals surface area contributed by atoms with E-state index in [4.69, 9.17) is 16.3 Å². The largest absolute Gasteiger partial charge is 0.493 e. The molecule has 0 bridgehead atoms. The van der Waals surface area contributed by atoms with Gasteiger partial charge in [0.05, 0.1) is 12.0 Å². The maximum Gasteiger partial charge on any atom is 0.133 e. The molecule has 2 aromatic carbocycles. The first-order chi connectivity index (χ1) is 9.58. The summed E-state index contributed by atoms with van der Waals surface area (Å²) in [6.07, 6.45) is 0. The number of alkyl halides is 1. The standard InChI is InChI=1S/C15H10ClF3O/c16-15(14-11(18)5-8(17)6-12(14)19)10-7-20-13-4-2-1-3-9(10)13/h1-6,10,15H,7H2. The number of fused-ring (bicyclic) bond motifs is 1. The first kappa shape index (κ1) is 13.3. The average molecular weight is 299 g/mol. The lowest BCUT2D eigenvalue weighted by molar-refractivity contribution is 0.325. The van der Waals surface area contributed by atoms with Crippen molar-refractivity contribution in [2.24, 2.45) is 0 Å². The van der Waals surface area contributed by atoms with Gasteiger partial charge >= 0.3 is 0 Å². The van der Waals surface area contributed by atoms with Crippen LogP contribution >= 0.6 is 11.6 Å². The molecule has 3 rings (SSSR count). The number of hydrogen-bond acceptors (Lipinski definition) is 1. The highest BCUT2D eigenvalue weighted by Crippen LogP contribution is 2.45. The highest BCUT2D eigenvalue weighted by molar-refractivity contribution is 6.21. The van der Waals surface area contributed by atoms with E-state index in [9.17, 15) is 13.2 Å². The van der Waals surface area contributed by atoms with Crippen LogP contribution in [0, 0.1) is 17.5 Å². The van der Waals surface area contributed by atoms with Gasteiger partial charge in [-0.1, -0.05) is 18.2 Å². The fourth-order valence-electron chi connectivity index (χ4n) is 2.45. The molecule has 1 aliphatic rings. The summed E-state index contributed by atoms with van der Waals surface area (Å²) >= 11 is 6.22. The van der Waals surface area contributed by atoms with Gasteiger partial charge in [0, 0.05) is 29.2 Å². The molecule has 0 aromatic heterocycles. The summed E-state index contributed by atoms with van der Waals surface area (Å²) in [4.78, 5) is 0. The van der Waals surface area contributed by atoms with Crippen LogP contribution in [0.25, 0.3) is 0 Å². The Labute approximate surface area is 118 Å². The summed E-state index contributed by atoms with van der Waals surface area (Å²) in [6, 6.07) is 8.47. The highest BCUT2D eigenvalue weighted by atomic mass is 35.5. The Morgan fingerprint density at radius 3 is 2.45 bits per heavy atom. The van der Waals surface area contributed by atoms with Crippen LogP contribution in [0.4, 0.5) is 13.2 Å². The predicted molar refractivity (Wildman–Crippen MR) is 69.6 cm³/mol. The Bertz CT molecular complexity index is 636. The smallest absolute Gasteiger partial charge is 0.133 e. The molecule has 0 spiro atoms. The van der Waals surface area contributed by atoms with Crippen LogP contribution in [0.2, 0.25) is 0 Å². The minimum Gasteiger partial charge on any atom is -0.493 e. The predicted octanol–water partition coefficient (Wildman–Crippen LogP) is 4.56. The molecule has 0 fully saturated rings. The molecule has 2 atom stereocenters. The van der Waals surface area contributed by atoms with Gasteiger partial charge < -0.3 is 4.74 Å². The molecule has 0 N–H and O–H groups in total. The molecule has 2 unspecified atom stereocenters. The molecule has 1 heterocycles. The van der Waals surface area contributed by atoms with Crippen molar-refractivity contribution in [3.05, 3.63) is 65.0 Å². The van der Waals surface area contributed by atoms with E-state index in [2.05, 4.69) is 0 Å². The zero-order valence-electron chi connectivity index (χ0n) is 10.2. The van der Waals surface area contributed by atoms with Crippen molar-refractivity contribution in [1.82, 2.24) is 0 Å². The molecule has 2 aromatic rings. The lowest BCUT2D eigenvalue weighted by Gasteiger charge is -2.18. The van der Waals surface area contributed by atoms with Crippen molar-refractivity contribution in [2.75, 3.05) is 6.61 Å². The quantitative estimate of drug-likeness (QED) is 0.739. The van der Waals surface area contributed by atoms with Gasteiger partial charge in [0.2, 0.25) is 0 Å². The number of para-hydroxylation sites is 1. The van der Waals surface area contributed by atoms with Gasteiger partial charge in [-0.2, -0.15) is 0 Å². The monoisotopic (exact) mass is 298 g/mol. The van der Waals surface area contributed by atoms with E-state index in [-0.39, 0.29) is 18.1 Å². The molecular weight excluding hydrogens is 289 g/mol. The fourth-order valence-corrected chi connectivity index (χ4v) is 2.86. The summed E-state index contributed by atoms with van der Waals surface area (Å²) < 4.78 is 46.0. The maximum absolute atomic E-state index is 13.8. The van der Waals surface area contributed by atoms with Gasteiger partial charge in [0.15, 0.2) is 0 Å². The van der Waals surface area contributed by atoms with Crippen LogP contribution in [0.5, 0.6) is 5.75 Å². The molecule has 0 amide bonds. The van der Waals surface area contributed by atoms with E-state index in [0.717, 1.165) is 5.56 Å². The van der Waals surface area contributed by atoms with Crippen molar-refractivity contribution in [1.29, 1.82) is 0 Å². The van der Waals surface area contributed by atoms with Crippen molar-refractivity contribution in [3.63, 3.8) is 0 Å². The summed E-state index contributed by atoms with van der Waals surface area (Å²) in [7, 11) is 0. The molecule has 104 valence electrons. The van der Waals surface area contributed by atoms with Crippen LogP contribution in [0.15, 0.2) is 36.4 Å². The SMILES string of the molecule is Fc1cc(F)c(C(Cl)C2COc3ccccc32)c(F)c1. The molecule has 0 aliphatic carbocycles. The van der Waals surface area contributed by atoms with Gasteiger partial charge in [-0.05, 0) is 6.07 Å². The molecule has 0 saturated carbocycles. The van der Waals surface area contributed by atoms with Crippen LogP contribution in [-0.2, 0) is 0 Å². The van der Waals surface area contributed by atoms with Crippen molar-refractivity contribution < 1.29 is 17.9 Å². The van der Waals surface area contributed by atoms with E-state index in [0.29, 0.717) is 17.9 Å². The van der Waals surface area contributed by atoms with E-state index < -0.39 is 22.8 Å². The minimum atomic E-state index is -0.980. The number of ether oxygens (including phenoxy) is 1. The van der Waals surface area contributed by atoms with E-state index in [1.54, 1.807) is 6.07 Å². The normalized spacial score (nSPS) is 18.5. The van der Waals surface area contributed by atoms with Gasteiger partial charge in [-0.15, -0.1) is 11.6 Å². The zero-order chi connectivity index (χ0) is 14.3. The van der Waals surface area contributed by atoms with Gasteiger partial charge in [0.1, 0.15) is 23.2 Å². The summed E-state index contributed by atoms with van der Waals surface area (Å²) in [5.41, 5.74) is 0.481. The molecule has 5 heteroatoms. The van der Waals surface area contributed by atoms with E-state index >= 15 is 0 Å². The van der Waals surface area contributed by atoms with E-state index in [1.165, 1.54) is 0 Å². The topological polar surface area (TPSA) is 9.23 Å². The van der Waals surface area contributed by atoms with Crippen molar-refractivity contribution in [2.45, 2.75) is 11.3 Å². The van der Waals surface area contributed by atoms with Crippen LogP contribution < -0.4 is 4.74 Å². The molecule has 1 aliphatic heterocycles. The van der Waals surface area contributed by atoms with E-state index in [1.807, 2.05) is 18.2 Å². The second-order valence-corrected chi connectivity index (χ2v) is 5.11. The van der Waals surface area contributed by atoms with Gasteiger partial charge in [-0.3, -0.25) is 0 Å². The Hall–Kier alpha value is -1.68. The third-order valence-electron chi connectivity index (χ3n) is 3.41. The first-order valence-electron chi connectivity index (χ1n) is 6.08. The Balaban J connectivity index is 2.01.